The number of sulfone groups is 1. The number of nitrogens with one attached hydrogen (secondary N) is 1. The summed E-state index contributed by atoms with van der Waals surface area (Å²) in [5, 5.41) is 3.22. The first-order chi connectivity index (χ1) is 10.0. The van der Waals surface area contributed by atoms with E-state index in [1.54, 1.807) is 0 Å². The van der Waals surface area contributed by atoms with Crippen LogP contribution in [0.3, 0.4) is 0 Å². The average Bonchev–Trinajstić information content (AvgIpc) is 2.90. The minimum atomic E-state index is -2.97. The molecule has 1 unspecified atom stereocenters. The molecule has 0 bridgehead atoms. The Hall–Kier alpha value is -1.15. The van der Waals surface area contributed by atoms with Crippen LogP contribution in [0.15, 0.2) is 0 Å². The molecule has 0 spiro atoms. The van der Waals surface area contributed by atoms with Crippen LogP contribution in [0, 0.1) is 0 Å². The van der Waals surface area contributed by atoms with Crippen molar-refractivity contribution in [3.63, 3.8) is 0 Å². The molecule has 3 rings (SSSR count). The maximum Gasteiger partial charge on any atom is 0.231 e. The minimum Gasteiger partial charge on any atom is -0.350 e. The molecule has 21 heavy (non-hydrogen) atoms. The smallest absolute Gasteiger partial charge is 0.231 e. The topological polar surface area (TPSA) is 88.1 Å². The lowest BCUT2D eigenvalue weighted by atomic mass is 10.2. The fourth-order valence-electron chi connectivity index (χ4n) is 2.78. The Balaban J connectivity index is 1.75. The highest BCUT2D eigenvalue weighted by molar-refractivity contribution is 7.91. The second kappa shape index (κ2) is 5.92. The standard InChI is InChI=1S/C12H18ClN5O2S/c13-10-15-11(14-9-4-3-7-21(19,20)8-9)17-12(16-10)18-5-1-2-6-18/h9H,1-8H2,(H,14,15,16,17). The number of rotatable bonds is 3. The molecule has 2 fully saturated rings. The second-order valence-electron chi connectivity index (χ2n) is 5.52. The molecular weight excluding hydrogens is 314 g/mol. The first kappa shape index (κ1) is 14.8. The zero-order valence-electron chi connectivity index (χ0n) is 11.6. The Kier molecular flexibility index (Phi) is 4.17. The summed E-state index contributed by atoms with van der Waals surface area (Å²) in [6.45, 7) is 1.83. The van der Waals surface area contributed by atoms with Gasteiger partial charge in [-0.3, -0.25) is 0 Å². The van der Waals surface area contributed by atoms with Crippen LogP contribution in [-0.4, -0.2) is 54.0 Å². The van der Waals surface area contributed by atoms with Gasteiger partial charge in [0, 0.05) is 19.1 Å². The molecular formula is C12H18ClN5O2S. The van der Waals surface area contributed by atoms with E-state index < -0.39 is 9.84 Å². The lowest BCUT2D eigenvalue weighted by molar-refractivity contribution is 0.561. The summed E-state index contributed by atoms with van der Waals surface area (Å²) in [5.74, 6) is 1.31. The van der Waals surface area contributed by atoms with Gasteiger partial charge in [0.1, 0.15) is 0 Å². The second-order valence-corrected chi connectivity index (χ2v) is 8.09. The predicted octanol–water partition coefficient (Wildman–Crippen LogP) is 1.11. The van der Waals surface area contributed by atoms with Crippen molar-refractivity contribution >= 4 is 33.3 Å². The van der Waals surface area contributed by atoms with Gasteiger partial charge in [0.2, 0.25) is 17.2 Å². The van der Waals surface area contributed by atoms with Crippen LogP contribution in [0.5, 0.6) is 0 Å². The van der Waals surface area contributed by atoms with Gasteiger partial charge in [0.25, 0.3) is 0 Å². The van der Waals surface area contributed by atoms with Gasteiger partial charge in [-0.1, -0.05) is 0 Å². The number of halogens is 1. The van der Waals surface area contributed by atoms with E-state index in [2.05, 4.69) is 25.2 Å². The summed E-state index contributed by atoms with van der Waals surface area (Å²) in [5.41, 5.74) is 0. The lowest BCUT2D eigenvalue weighted by Gasteiger charge is -2.23. The van der Waals surface area contributed by atoms with Gasteiger partial charge in [-0.15, -0.1) is 0 Å². The Morgan fingerprint density at radius 1 is 1.14 bits per heavy atom. The third-order valence-electron chi connectivity index (χ3n) is 3.78. The van der Waals surface area contributed by atoms with Crippen LogP contribution >= 0.6 is 11.6 Å². The van der Waals surface area contributed by atoms with E-state index in [0.29, 0.717) is 18.3 Å². The fraction of sp³-hybridized carbons (Fsp3) is 0.750. The van der Waals surface area contributed by atoms with Crippen molar-refractivity contribution in [1.29, 1.82) is 0 Å². The maximum absolute atomic E-state index is 11.7. The summed E-state index contributed by atoms with van der Waals surface area (Å²) in [6.07, 6.45) is 3.69. The predicted molar refractivity (Wildman–Crippen MR) is 81.6 cm³/mol. The van der Waals surface area contributed by atoms with Crippen LogP contribution in [-0.2, 0) is 9.84 Å². The lowest BCUT2D eigenvalue weighted by Crippen LogP contribution is -2.35. The van der Waals surface area contributed by atoms with E-state index in [4.69, 9.17) is 11.6 Å². The normalized spacial score (nSPS) is 25.0. The first-order valence-electron chi connectivity index (χ1n) is 7.15. The van der Waals surface area contributed by atoms with Crippen molar-refractivity contribution in [2.45, 2.75) is 31.7 Å². The molecule has 116 valence electrons. The molecule has 1 aromatic rings. The Morgan fingerprint density at radius 2 is 1.90 bits per heavy atom. The van der Waals surface area contributed by atoms with Gasteiger partial charge in [-0.2, -0.15) is 15.0 Å². The van der Waals surface area contributed by atoms with E-state index in [1.807, 2.05) is 0 Å². The van der Waals surface area contributed by atoms with Gasteiger partial charge in [-0.05, 0) is 37.3 Å². The van der Waals surface area contributed by atoms with Crippen molar-refractivity contribution in [2.24, 2.45) is 0 Å². The molecule has 2 saturated heterocycles. The SMILES string of the molecule is O=S1(=O)CCCC(Nc2nc(Cl)nc(N3CCCC3)n2)C1. The van der Waals surface area contributed by atoms with Gasteiger partial charge in [0.15, 0.2) is 9.84 Å². The number of anilines is 2. The molecule has 0 radical (unpaired) electrons. The van der Waals surface area contributed by atoms with Gasteiger partial charge in [0.05, 0.1) is 11.5 Å². The van der Waals surface area contributed by atoms with Crippen LogP contribution < -0.4 is 10.2 Å². The summed E-state index contributed by atoms with van der Waals surface area (Å²) < 4.78 is 23.3. The van der Waals surface area contributed by atoms with Crippen molar-refractivity contribution in [3.05, 3.63) is 5.28 Å². The molecule has 9 heteroatoms. The molecule has 7 nitrogen and oxygen atoms in total. The average molecular weight is 332 g/mol. The molecule has 0 aromatic carbocycles. The highest BCUT2D eigenvalue weighted by Crippen LogP contribution is 2.20. The molecule has 2 aliphatic rings. The molecule has 2 aliphatic heterocycles. The zero-order chi connectivity index (χ0) is 14.9. The van der Waals surface area contributed by atoms with Crippen LogP contribution in [0.1, 0.15) is 25.7 Å². The fourth-order valence-corrected chi connectivity index (χ4v) is 4.57. The van der Waals surface area contributed by atoms with E-state index in [0.717, 1.165) is 32.4 Å². The summed E-state index contributed by atoms with van der Waals surface area (Å²) in [7, 11) is -2.97. The monoisotopic (exact) mass is 331 g/mol. The van der Waals surface area contributed by atoms with Crippen LogP contribution in [0.4, 0.5) is 11.9 Å². The molecule has 3 heterocycles. The first-order valence-corrected chi connectivity index (χ1v) is 9.35. The van der Waals surface area contributed by atoms with Crippen molar-refractivity contribution < 1.29 is 8.42 Å². The molecule has 0 saturated carbocycles. The Morgan fingerprint density at radius 3 is 2.62 bits per heavy atom. The molecule has 0 amide bonds. The highest BCUT2D eigenvalue weighted by atomic mass is 35.5. The number of aromatic nitrogens is 3. The van der Waals surface area contributed by atoms with E-state index in [9.17, 15) is 8.42 Å². The van der Waals surface area contributed by atoms with Crippen molar-refractivity contribution in [3.8, 4) is 0 Å². The van der Waals surface area contributed by atoms with Gasteiger partial charge >= 0.3 is 0 Å². The molecule has 1 N–H and O–H groups in total. The van der Waals surface area contributed by atoms with Crippen LogP contribution in [0.2, 0.25) is 5.28 Å². The highest BCUT2D eigenvalue weighted by Gasteiger charge is 2.26. The Labute approximate surface area is 129 Å². The van der Waals surface area contributed by atoms with Crippen LogP contribution in [0.25, 0.3) is 0 Å². The number of hydrogen-bond donors (Lipinski definition) is 1. The summed E-state index contributed by atoms with van der Waals surface area (Å²) >= 11 is 5.96. The van der Waals surface area contributed by atoms with E-state index in [1.165, 1.54) is 0 Å². The molecule has 1 atom stereocenters. The maximum atomic E-state index is 11.7. The van der Waals surface area contributed by atoms with E-state index >= 15 is 0 Å². The largest absolute Gasteiger partial charge is 0.350 e. The Bertz CT molecular complexity index is 618. The van der Waals surface area contributed by atoms with E-state index in [-0.39, 0.29) is 22.8 Å². The number of hydrogen-bond acceptors (Lipinski definition) is 7. The minimum absolute atomic E-state index is 0.120. The zero-order valence-corrected chi connectivity index (χ0v) is 13.2. The molecule has 1 aromatic heterocycles. The van der Waals surface area contributed by atoms with Gasteiger partial charge in [-0.25, -0.2) is 8.42 Å². The van der Waals surface area contributed by atoms with Crippen molar-refractivity contribution in [1.82, 2.24) is 15.0 Å². The number of nitrogens with zero attached hydrogens (tertiary/aromatic N) is 4. The summed E-state index contributed by atoms with van der Waals surface area (Å²) in [6, 6.07) is -0.159. The quantitative estimate of drug-likeness (QED) is 0.887. The van der Waals surface area contributed by atoms with Gasteiger partial charge < -0.3 is 10.2 Å². The summed E-state index contributed by atoms with van der Waals surface area (Å²) in [4.78, 5) is 14.6. The third kappa shape index (κ3) is 3.74. The molecule has 0 aliphatic carbocycles. The van der Waals surface area contributed by atoms with Crippen molar-refractivity contribution in [2.75, 3.05) is 34.8 Å². The third-order valence-corrected chi connectivity index (χ3v) is 5.77.